The van der Waals surface area contributed by atoms with Crippen LogP contribution in [0.3, 0.4) is 0 Å². The van der Waals surface area contributed by atoms with Gasteiger partial charge in [0.2, 0.25) is 0 Å². The summed E-state index contributed by atoms with van der Waals surface area (Å²) in [5, 5.41) is 19.2. The van der Waals surface area contributed by atoms with E-state index in [4.69, 9.17) is 5.11 Å². The van der Waals surface area contributed by atoms with Gasteiger partial charge in [-0.05, 0) is 42.4 Å². The van der Waals surface area contributed by atoms with E-state index in [9.17, 15) is 9.90 Å². The number of carbonyl (C=O) groups is 1. The van der Waals surface area contributed by atoms with Crippen LogP contribution in [0.4, 0.5) is 0 Å². The number of carboxylic acids is 1. The molecule has 0 fully saturated rings. The zero-order valence-electron chi connectivity index (χ0n) is 13.5. The summed E-state index contributed by atoms with van der Waals surface area (Å²) in [5.41, 5.74) is 1.78. The number of aromatic carboxylic acids is 1. The summed E-state index contributed by atoms with van der Waals surface area (Å²) in [4.78, 5) is 11.2. The monoisotopic (exact) mass is 292 g/mol. The number of carboxylic acid groups (broad SMARTS) is 1. The fourth-order valence-corrected chi connectivity index (χ4v) is 2.54. The zero-order chi connectivity index (χ0) is 15.8. The maximum atomic E-state index is 11.2. The van der Waals surface area contributed by atoms with Gasteiger partial charge in [-0.25, -0.2) is 4.79 Å². The molecule has 3 heteroatoms. The molecule has 0 aliphatic carbocycles. The molecule has 0 atom stereocenters. The lowest BCUT2D eigenvalue weighted by molar-refractivity contribution is 0.0693. The van der Waals surface area contributed by atoms with Crippen molar-refractivity contribution in [3.63, 3.8) is 0 Å². The van der Waals surface area contributed by atoms with Crippen molar-refractivity contribution >= 4 is 5.97 Å². The van der Waals surface area contributed by atoms with E-state index in [0.717, 1.165) is 42.7 Å². The molecule has 0 amide bonds. The van der Waals surface area contributed by atoms with Gasteiger partial charge < -0.3 is 10.2 Å². The van der Waals surface area contributed by atoms with Gasteiger partial charge in [-0.1, -0.05) is 52.5 Å². The number of aryl methyl sites for hydroxylation is 2. The van der Waals surface area contributed by atoms with Crippen LogP contribution >= 0.6 is 0 Å². The van der Waals surface area contributed by atoms with Crippen LogP contribution in [0.1, 0.15) is 74.4 Å². The predicted molar refractivity (Wildman–Crippen MR) is 86.1 cm³/mol. The largest absolute Gasteiger partial charge is 0.507 e. The molecule has 118 valence electrons. The Bertz CT molecular complexity index is 464. The van der Waals surface area contributed by atoms with Crippen molar-refractivity contribution in [3.8, 4) is 5.75 Å². The Morgan fingerprint density at radius 3 is 2.38 bits per heavy atom. The van der Waals surface area contributed by atoms with Crippen LogP contribution in [0.25, 0.3) is 0 Å². The van der Waals surface area contributed by atoms with Crippen LogP contribution in [0.5, 0.6) is 5.75 Å². The number of unbranched alkanes of at least 4 members (excludes halogenated alkanes) is 3. The topological polar surface area (TPSA) is 57.5 Å². The molecular weight excluding hydrogens is 264 g/mol. The minimum atomic E-state index is -1.05. The average molecular weight is 292 g/mol. The second kappa shape index (κ2) is 8.71. The van der Waals surface area contributed by atoms with Gasteiger partial charge in [-0.15, -0.1) is 0 Å². The molecular formula is C18H28O3. The van der Waals surface area contributed by atoms with E-state index in [1.54, 1.807) is 6.07 Å². The second-order valence-corrected chi connectivity index (χ2v) is 6.16. The van der Waals surface area contributed by atoms with Crippen LogP contribution in [0, 0.1) is 5.92 Å². The molecule has 0 heterocycles. The Labute approximate surface area is 128 Å². The van der Waals surface area contributed by atoms with E-state index < -0.39 is 5.97 Å². The second-order valence-electron chi connectivity index (χ2n) is 6.16. The highest BCUT2D eigenvalue weighted by atomic mass is 16.4. The highest BCUT2D eigenvalue weighted by molar-refractivity contribution is 5.91. The van der Waals surface area contributed by atoms with Gasteiger partial charge in [-0.3, -0.25) is 0 Å². The number of hydrogen-bond donors (Lipinski definition) is 2. The van der Waals surface area contributed by atoms with Crippen LogP contribution in [-0.4, -0.2) is 16.2 Å². The third kappa shape index (κ3) is 5.78. The van der Waals surface area contributed by atoms with E-state index >= 15 is 0 Å². The van der Waals surface area contributed by atoms with E-state index in [0.29, 0.717) is 0 Å². The first-order chi connectivity index (χ1) is 9.95. The molecule has 0 aromatic heterocycles. The van der Waals surface area contributed by atoms with Gasteiger partial charge in [0.15, 0.2) is 0 Å². The first-order valence-corrected chi connectivity index (χ1v) is 8.03. The Kier molecular flexibility index (Phi) is 7.27. The summed E-state index contributed by atoms with van der Waals surface area (Å²) < 4.78 is 0. The van der Waals surface area contributed by atoms with Crippen molar-refractivity contribution in [2.75, 3.05) is 0 Å². The maximum absolute atomic E-state index is 11.2. The SMILES string of the molecule is CCc1cc(CCCCCCC(C)C)c(O)c(C(=O)O)c1. The number of benzene rings is 1. The first-order valence-electron chi connectivity index (χ1n) is 8.03. The third-order valence-electron chi connectivity index (χ3n) is 3.86. The molecule has 0 saturated heterocycles. The number of rotatable bonds is 9. The summed E-state index contributed by atoms with van der Waals surface area (Å²) in [7, 11) is 0. The first kappa shape index (κ1) is 17.5. The molecule has 0 radical (unpaired) electrons. The normalized spacial score (nSPS) is 11.0. The van der Waals surface area contributed by atoms with E-state index in [1.165, 1.54) is 19.3 Å². The number of aromatic hydroxyl groups is 1. The Morgan fingerprint density at radius 1 is 1.14 bits per heavy atom. The molecule has 0 unspecified atom stereocenters. The van der Waals surface area contributed by atoms with Crippen molar-refractivity contribution in [3.05, 3.63) is 28.8 Å². The van der Waals surface area contributed by atoms with E-state index in [-0.39, 0.29) is 11.3 Å². The summed E-state index contributed by atoms with van der Waals surface area (Å²) in [6.07, 6.45) is 7.38. The summed E-state index contributed by atoms with van der Waals surface area (Å²) in [6.45, 7) is 6.47. The summed E-state index contributed by atoms with van der Waals surface area (Å²) in [6, 6.07) is 3.51. The highest BCUT2D eigenvalue weighted by Gasteiger charge is 2.14. The van der Waals surface area contributed by atoms with Crippen molar-refractivity contribution < 1.29 is 15.0 Å². The molecule has 1 rings (SSSR count). The van der Waals surface area contributed by atoms with Gasteiger partial charge in [0, 0.05) is 0 Å². The van der Waals surface area contributed by atoms with Gasteiger partial charge in [-0.2, -0.15) is 0 Å². The fraction of sp³-hybridized carbons (Fsp3) is 0.611. The van der Waals surface area contributed by atoms with Crippen LogP contribution in [0.15, 0.2) is 12.1 Å². The van der Waals surface area contributed by atoms with Gasteiger partial charge in [0.05, 0.1) is 0 Å². The van der Waals surface area contributed by atoms with Crippen molar-refractivity contribution in [2.24, 2.45) is 5.92 Å². The van der Waals surface area contributed by atoms with E-state index in [1.807, 2.05) is 13.0 Å². The van der Waals surface area contributed by atoms with Gasteiger partial charge in [0.25, 0.3) is 0 Å². The average Bonchev–Trinajstić information content (AvgIpc) is 2.43. The minimum absolute atomic E-state index is 0.0316. The van der Waals surface area contributed by atoms with E-state index in [2.05, 4.69) is 13.8 Å². The lowest BCUT2D eigenvalue weighted by Gasteiger charge is -2.10. The summed E-state index contributed by atoms with van der Waals surface area (Å²) >= 11 is 0. The smallest absolute Gasteiger partial charge is 0.339 e. The third-order valence-corrected chi connectivity index (χ3v) is 3.86. The maximum Gasteiger partial charge on any atom is 0.339 e. The molecule has 1 aromatic rings. The number of hydrogen-bond acceptors (Lipinski definition) is 2. The molecule has 0 aliphatic rings. The van der Waals surface area contributed by atoms with Crippen molar-refractivity contribution in [2.45, 2.75) is 65.7 Å². The van der Waals surface area contributed by atoms with Crippen molar-refractivity contribution in [1.29, 1.82) is 0 Å². The molecule has 3 nitrogen and oxygen atoms in total. The Morgan fingerprint density at radius 2 is 1.81 bits per heavy atom. The quantitative estimate of drug-likeness (QED) is 0.643. The van der Waals surface area contributed by atoms with Crippen LogP contribution < -0.4 is 0 Å². The Hall–Kier alpha value is -1.51. The summed E-state index contributed by atoms with van der Waals surface area (Å²) in [5.74, 6) is -0.351. The fourth-order valence-electron chi connectivity index (χ4n) is 2.54. The van der Waals surface area contributed by atoms with Gasteiger partial charge in [0.1, 0.15) is 11.3 Å². The lowest BCUT2D eigenvalue weighted by atomic mass is 9.97. The Balaban J connectivity index is 2.58. The highest BCUT2D eigenvalue weighted by Crippen LogP contribution is 2.27. The molecule has 0 bridgehead atoms. The standard InChI is InChI=1S/C18H28O3/c1-4-14-11-15(17(19)16(12-14)18(20)21)10-8-6-5-7-9-13(2)3/h11-13,19H,4-10H2,1-3H3,(H,20,21). The molecule has 21 heavy (non-hydrogen) atoms. The molecule has 0 aliphatic heterocycles. The molecule has 0 saturated carbocycles. The molecule has 2 N–H and O–H groups in total. The predicted octanol–water partition coefficient (Wildman–Crippen LogP) is 4.80. The number of phenols is 1. The van der Waals surface area contributed by atoms with Crippen molar-refractivity contribution in [1.82, 2.24) is 0 Å². The lowest BCUT2D eigenvalue weighted by Crippen LogP contribution is -2.01. The zero-order valence-corrected chi connectivity index (χ0v) is 13.5. The van der Waals surface area contributed by atoms with Crippen LogP contribution in [-0.2, 0) is 12.8 Å². The molecule has 0 spiro atoms. The molecule has 1 aromatic carbocycles. The van der Waals surface area contributed by atoms with Gasteiger partial charge >= 0.3 is 5.97 Å². The minimum Gasteiger partial charge on any atom is -0.507 e. The van der Waals surface area contributed by atoms with Crippen LogP contribution in [0.2, 0.25) is 0 Å².